The molecule has 0 aromatic heterocycles. The van der Waals surface area contributed by atoms with Crippen LogP contribution in [0.25, 0.3) is 17.2 Å². The van der Waals surface area contributed by atoms with E-state index in [4.69, 9.17) is 4.74 Å². The molecule has 1 amide bonds. The van der Waals surface area contributed by atoms with Gasteiger partial charge in [-0.1, -0.05) is 78.9 Å². The summed E-state index contributed by atoms with van der Waals surface area (Å²) in [6.07, 6.45) is 5.19. The van der Waals surface area contributed by atoms with E-state index in [2.05, 4.69) is 10.5 Å². The summed E-state index contributed by atoms with van der Waals surface area (Å²) in [4.78, 5) is 11.8. The molecule has 0 bridgehead atoms. The quantitative estimate of drug-likeness (QED) is 0.499. The predicted octanol–water partition coefficient (Wildman–Crippen LogP) is 4.55. The summed E-state index contributed by atoms with van der Waals surface area (Å²) in [5.41, 5.74) is 5.74. The molecule has 3 aromatic rings. The molecule has 134 valence electrons. The van der Waals surface area contributed by atoms with Crippen molar-refractivity contribution in [1.82, 2.24) is 5.43 Å². The smallest absolute Gasteiger partial charge is 0.277 e. The summed E-state index contributed by atoms with van der Waals surface area (Å²) in [6, 6.07) is 27.6. The molecule has 0 fully saturated rings. The number of rotatable bonds is 7. The maximum atomic E-state index is 11.8. The van der Waals surface area contributed by atoms with E-state index < -0.39 is 0 Å². The molecule has 0 aliphatic heterocycles. The van der Waals surface area contributed by atoms with Gasteiger partial charge in [-0.05, 0) is 34.9 Å². The minimum Gasteiger partial charge on any atom is -0.484 e. The normalized spacial score (nSPS) is 11.0. The summed E-state index contributed by atoms with van der Waals surface area (Å²) < 4.78 is 5.48. The topological polar surface area (TPSA) is 50.7 Å². The molecule has 0 aliphatic carbocycles. The highest BCUT2D eigenvalue weighted by Gasteiger charge is 2.02. The molecule has 3 rings (SSSR count). The van der Waals surface area contributed by atoms with Gasteiger partial charge >= 0.3 is 0 Å². The van der Waals surface area contributed by atoms with Crippen molar-refractivity contribution in [1.29, 1.82) is 0 Å². The molecule has 4 heteroatoms. The molecule has 0 radical (unpaired) electrons. The van der Waals surface area contributed by atoms with Crippen LogP contribution >= 0.6 is 0 Å². The van der Waals surface area contributed by atoms with Gasteiger partial charge in [0.2, 0.25) is 0 Å². The first-order chi connectivity index (χ1) is 13.3. The first kappa shape index (κ1) is 18.1. The van der Waals surface area contributed by atoms with Gasteiger partial charge in [-0.25, -0.2) is 5.43 Å². The van der Waals surface area contributed by atoms with E-state index in [9.17, 15) is 4.79 Å². The average Bonchev–Trinajstić information content (AvgIpc) is 2.74. The van der Waals surface area contributed by atoms with Crippen molar-refractivity contribution in [2.45, 2.75) is 0 Å². The lowest BCUT2D eigenvalue weighted by molar-refractivity contribution is -0.123. The SMILES string of the molecule is O=C(COc1ccc(-c2ccccc2)cc1)N/N=C\C=C\c1ccccc1. The Kier molecular flexibility index (Phi) is 6.54. The van der Waals surface area contributed by atoms with Gasteiger partial charge < -0.3 is 4.74 Å². The molecular formula is C23H20N2O2. The summed E-state index contributed by atoms with van der Waals surface area (Å²) in [5.74, 6) is 0.323. The van der Waals surface area contributed by atoms with Gasteiger partial charge in [0.15, 0.2) is 6.61 Å². The number of carbonyl (C=O) groups excluding carboxylic acids is 1. The predicted molar refractivity (Wildman–Crippen MR) is 109 cm³/mol. The number of amides is 1. The summed E-state index contributed by atoms with van der Waals surface area (Å²) in [6.45, 7) is -0.0928. The molecular weight excluding hydrogens is 336 g/mol. The van der Waals surface area contributed by atoms with Crippen LogP contribution in [0.1, 0.15) is 5.56 Å². The van der Waals surface area contributed by atoms with E-state index in [1.54, 1.807) is 6.08 Å². The Morgan fingerprint density at radius 1 is 0.852 bits per heavy atom. The molecule has 4 nitrogen and oxygen atoms in total. The number of carbonyl (C=O) groups is 1. The van der Waals surface area contributed by atoms with Crippen LogP contribution in [0.5, 0.6) is 5.75 Å². The Labute approximate surface area is 158 Å². The maximum absolute atomic E-state index is 11.8. The maximum Gasteiger partial charge on any atom is 0.277 e. The van der Waals surface area contributed by atoms with Crippen molar-refractivity contribution in [3.05, 3.63) is 96.6 Å². The molecule has 0 saturated heterocycles. The Hall–Kier alpha value is -3.66. The molecule has 0 heterocycles. The van der Waals surface area contributed by atoms with E-state index in [0.29, 0.717) is 5.75 Å². The number of hydrazone groups is 1. The van der Waals surface area contributed by atoms with Crippen molar-refractivity contribution >= 4 is 18.2 Å². The van der Waals surface area contributed by atoms with Crippen LogP contribution in [0.4, 0.5) is 0 Å². The highest BCUT2D eigenvalue weighted by Crippen LogP contribution is 2.21. The second-order valence-electron chi connectivity index (χ2n) is 5.76. The number of ether oxygens (including phenoxy) is 1. The lowest BCUT2D eigenvalue weighted by atomic mass is 10.1. The summed E-state index contributed by atoms with van der Waals surface area (Å²) >= 11 is 0. The second kappa shape index (κ2) is 9.73. The highest BCUT2D eigenvalue weighted by atomic mass is 16.5. The first-order valence-corrected chi connectivity index (χ1v) is 8.63. The number of benzene rings is 3. The number of hydrogen-bond donors (Lipinski definition) is 1. The van der Waals surface area contributed by atoms with Gasteiger partial charge in [0, 0.05) is 6.21 Å². The highest BCUT2D eigenvalue weighted by molar-refractivity contribution is 5.82. The van der Waals surface area contributed by atoms with E-state index in [1.165, 1.54) is 6.21 Å². The number of nitrogens with one attached hydrogen (secondary N) is 1. The van der Waals surface area contributed by atoms with Crippen LogP contribution in [0.15, 0.2) is 96.1 Å². The molecule has 27 heavy (non-hydrogen) atoms. The second-order valence-corrected chi connectivity index (χ2v) is 5.76. The lowest BCUT2D eigenvalue weighted by Crippen LogP contribution is -2.24. The minimum atomic E-state index is -0.313. The fourth-order valence-corrected chi connectivity index (χ4v) is 2.43. The Bertz CT molecular complexity index is 902. The summed E-state index contributed by atoms with van der Waals surface area (Å²) in [5, 5.41) is 3.86. The van der Waals surface area contributed by atoms with Crippen LogP contribution < -0.4 is 10.2 Å². The molecule has 1 N–H and O–H groups in total. The van der Waals surface area contributed by atoms with Crippen LogP contribution in [0, 0.1) is 0 Å². The monoisotopic (exact) mass is 356 g/mol. The zero-order valence-corrected chi connectivity index (χ0v) is 14.8. The fourth-order valence-electron chi connectivity index (χ4n) is 2.43. The van der Waals surface area contributed by atoms with Crippen molar-refractivity contribution < 1.29 is 9.53 Å². The third kappa shape index (κ3) is 5.97. The Balaban J connectivity index is 1.42. The number of hydrogen-bond acceptors (Lipinski definition) is 3. The zero-order chi connectivity index (χ0) is 18.7. The molecule has 0 unspecified atom stereocenters. The Morgan fingerprint density at radius 2 is 1.48 bits per heavy atom. The largest absolute Gasteiger partial charge is 0.484 e. The van der Waals surface area contributed by atoms with Gasteiger partial charge in [0.1, 0.15) is 5.75 Å². The molecule has 3 aromatic carbocycles. The van der Waals surface area contributed by atoms with Gasteiger partial charge in [-0.2, -0.15) is 5.10 Å². The molecule has 0 saturated carbocycles. The fraction of sp³-hybridized carbons (Fsp3) is 0.0435. The van der Waals surface area contributed by atoms with E-state index in [1.807, 2.05) is 91.0 Å². The first-order valence-electron chi connectivity index (χ1n) is 8.63. The van der Waals surface area contributed by atoms with Crippen molar-refractivity contribution in [3.8, 4) is 16.9 Å². The van der Waals surface area contributed by atoms with E-state index in [-0.39, 0.29) is 12.5 Å². The van der Waals surface area contributed by atoms with Crippen LogP contribution in [0.2, 0.25) is 0 Å². The van der Waals surface area contributed by atoms with Crippen LogP contribution in [-0.2, 0) is 4.79 Å². The standard InChI is InChI=1S/C23H20N2O2/c26-23(25-24-17-7-10-19-8-3-1-4-9-19)18-27-22-15-13-21(14-16-22)20-11-5-2-6-12-20/h1-17H,18H2,(H,25,26)/b10-7+,24-17-. The zero-order valence-electron chi connectivity index (χ0n) is 14.8. The van der Waals surface area contributed by atoms with Gasteiger partial charge in [0.25, 0.3) is 5.91 Å². The summed E-state index contributed by atoms with van der Waals surface area (Å²) in [7, 11) is 0. The minimum absolute atomic E-state index is 0.0928. The van der Waals surface area contributed by atoms with Crippen LogP contribution in [-0.4, -0.2) is 18.7 Å². The number of allylic oxidation sites excluding steroid dienone is 1. The third-order valence-corrected chi connectivity index (χ3v) is 3.77. The average molecular weight is 356 g/mol. The molecule has 0 aliphatic rings. The van der Waals surface area contributed by atoms with Gasteiger partial charge in [0.05, 0.1) is 0 Å². The molecule has 0 spiro atoms. The van der Waals surface area contributed by atoms with Gasteiger partial charge in [-0.15, -0.1) is 0 Å². The third-order valence-electron chi connectivity index (χ3n) is 3.77. The van der Waals surface area contributed by atoms with Crippen molar-refractivity contribution in [2.24, 2.45) is 5.10 Å². The van der Waals surface area contributed by atoms with E-state index >= 15 is 0 Å². The lowest BCUT2D eigenvalue weighted by Gasteiger charge is -2.06. The number of nitrogens with zero attached hydrogens (tertiary/aromatic N) is 1. The Morgan fingerprint density at radius 3 is 2.19 bits per heavy atom. The molecule has 0 atom stereocenters. The van der Waals surface area contributed by atoms with Crippen LogP contribution in [0.3, 0.4) is 0 Å². The van der Waals surface area contributed by atoms with Crippen molar-refractivity contribution in [2.75, 3.05) is 6.61 Å². The van der Waals surface area contributed by atoms with Crippen molar-refractivity contribution in [3.63, 3.8) is 0 Å². The van der Waals surface area contributed by atoms with Gasteiger partial charge in [-0.3, -0.25) is 4.79 Å². The van der Waals surface area contributed by atoms with E-state index in [0.717, 1.165) is 16.7 Å².